The van der Waals surface area contributed by atoms with Crippen molar-refractivity contribution in [2.75, 3.05) is 6.54 Å². The summed E-state index contributed by atoms with van der Waals surface area (Å²) in [6.07, 6.45) is 2.03. The van der Waals surface area contributed by atoms with Crippen LogP contribution in [0.25, 0.3) is 11.3 Å². The molecule has 0 saturated heterocycles. The van der Waals surface area contributed by atoms with E-state index < -0.39 is 18.4 Å². The Balaban J connectivity index is 1.78. The van der Waals surface area contributed by atoms with Crippen molar-refractivity contribution < 1.29 is 19.8 Å². The van der Waals surface area contributed by atoms with Gasteiger partial charge in [-0.25, -0.2) is 9.97 Å². The summed E-state index contributed by atoms with van der Waals surface area (Å²) in [5, 5.41) is 21.0. The maximum absolute atomic E-state index is 12.2. The van der Waals surface area contributed by atoms with Gasteiger partial charge in [0.2, 0.25) is 0 Å². The topological polar surface area (TPSA) is 125 Å². The number of nitrogens with one attached hydrogen (secondary N) is 1. The minimum Gasteiger partial charge on any atom is -0.504 e. The van der Waals surface area contributed by atoms with Crippen LogP contribution in [0.5, 0.6) is 5.75 Å². The highest BCUT2D eigenvalue weighted by molar-refractivity contribution is 5.96. The van der Waals surface area contributed by atoms with Crippen LogP contribution in [0.1, 0.15) is 53.9 Å². The number of nitrogens with zero attached hydrogens (tertiary/aromatic N) is 3. The summed E-state index contributed by atoms with van der Waals surface area (Å²) >= 11 is 0. The van der Waals surface area contributed by atoms with Crippen LogP contribution in [0.2, 0.25) is 0 Å². The van der Waals surface area contributed by atoms with Gasteiger partial charge in [0.05, 0.1) is 11.4 Å². The lowest BCUT2D eigenvalue weighted by Crippen LogP contribution is -2.30. The van der Waals surface area contributed by atoms with Crippen molar-refractivity contribution in [1.82, 2.24) is 20.3 Å². The number of amides is 1. The zero-order valence-electron chi connectivity index (χ0n) is 18.5. The molecule has 0 saturated carbocycles. The lowest BCUT2D eigenvalue weighted by Gasteiger charge is -2.19. The van der Waals surface area contributed by atoms with E-state index >= 15 is 0 Å². The molecule has 0 unspecified atom stereocenters. The Morgan fingerprint density at radius 3 is 2.28 bits per heavy atom. The van der Waals surface area contributed by atoms with Crippen molar-refractivity contribution in [3.8, 4) is 17.0 Å². The minimum atomic E-state index is -1.19. The molecule has 1 aromatic carbocycles. The van der Waals surface area contributed by atoms with Crippen LogP contribution in [-0.2, 0) is 16.6 Å². The van der Waals surface area contributed by atoms with Gasteiger partial charge in [-0.1, -0.05) is 51.1 Å². The first kappa shape index (κ1) is 22.9. The molecular formula is C24H26N4O4. The Hall–Kier alpha value is -3.81. The number of carbonyl (C=O) groups is 2. The Morgan fingerprint density at radius 1 is 1.03 bits per heavy atom. The zero-order valence-corrected chi connectivity index (χ0v) is 18.5. The molecule has 3 N–H and O–H groups in total. The Labute approximate surface area is 186 Å². The molecule has 8 heteroatoms. The molecule has 2 aromatic heterocycles. The Morgan fingerprint density at radius 2 is 1.72 bits per heavy atom. The van der Waals surface area contributed by atoms with E-state index in [9.17, 15) is 14.7 Å². The van der Waals surface area contributed by atoms with Crippen molar-refractivity contribution in [3.63, 3.8) is 0 Å². The maximum atomic E-state index is 12.2. The molecule has 0 aliphatic heterocycles. The number of aromatic nitrogens is 3. The molecule has 0 atom stereocenters. The summed E-state index contributed by atoms with van der Waals surface area (Å²) in [6.45, 7) is 7.49. The molecular weight excluding hydrogens is 408 g/mol. The number of aryl methyl sites for hydroxylation is 1. The highest BCUT2D eigenvalue weighted by atomic mass is 16.4. The van der Waals surface area contributed by atoms with Crippen LogP contribution >= 0.6 is 0 Å². The maximum Gasteiger partial charge on any atom is 0.322 e. The number of hydrogen-bond donors (Lipinski definition) is 3. The molecule has 2 heterocycles. The van der Waals surface area contributed by atoms with Crippen molar-refractivity contribution >= 4 is 11.9 Å². The number of pyridine rings is 1. The number of rotatable bonds is 6. The van der Waals surface area contributed by atoms with Gasteiger partial charge in [0.25, 0.3) is 5.91 Å². The molecule has 166 valence electrons. The van der Waals surface area contributed by atoms with Crippen molar-refractivity contribution in [2.45, 2.75) is 39.5 Å². The third kappa shape index (κ3) is 5.46. The number of carboxylic acids is 1. The van der Waals surface area contributed by atoms with Gasteiger partial charge < -0.3 is 15.5 Å². The third-order valence-electron chi connectivity index (χ3n) is 4.95. The van der Waals surface area contributed by atoms with E-state index in [1.54, 1.807) is 13.1 Å². The van der Waals surface area contributed by atoms with E-state index in [1.165, 1.54) is 5.56 Å². The fourth-order valence-corrected chi connectivity index (χ4v) is 3.13. The van der Waals surface area contributed by atoms with E-state index in [-0.39, 0.29) is 22.6 Å². The summed E-state index contributed by atoms with van der Waals surface area (Å²) in [5.74, 6) is -2.01. The molecule has 1 amide bonds. The number of carbonyl (C=O) groups excluding carboxylic acids is 1. The molecule has 0 radical (unpaired) electrons. The highest BCUT2D eigenvalue weighted by Crippen LogP contribution is 2.26. The van der Waals surface area contributed by atoms with Crippen LogP contribution in [0, 0.1) is 6.92 Å². The van der Waals surface area contributed by atoms with Gasteiger partial charge in [-0.05, 0) is 29.5 Å². The van der Waals surface area contributed by atoms with E-state index in [2.05, 4.69) is 65.3 Å². The largest absolute Gasteiger partial charge is 0.504 e. The first-order valence-corrected chi connectivity index (χ1v) is 10.2. The molecule has 0 bridgehead atoms. The first-order chi connectivity index (χ1) is 15.0. The summed E-state index contributed by atoms with van der Waals surface area (Å²) in [6, 6.07) is 12.1. The second kappa shape index (κ2) is 9.13. The van der Waals surface area contributed by atoms with Gasteiger partial charge in [0, 0.05) is 18.2 Å². The summed E-state index contributed by atoms with van der Waals surface area (Å²) in [5.41, 5.74) is 4.00. The fourth-order valence-electron chi connectivity index (χ4n) is 3.13. The van der Waals surface area contributed by atoms with E-state index in [1.807, 2.05) is 12.1 Å². The minimum absolute atomic E-state index is 0.0848. The van der Waals surface area contributed by atoms with Crippen LogP contribution in [-0.4, -0.2) is 43.6 Å². The second-order valence-electron chi connectivity index (χ2n) is 8.55. The zero-order chi connectivity index (χ0) is 23.5. The van der Waals surface area contributed by atoms with Crippen molar-refractivity contribution in [2.24, 2.45) is 0 Å². The Bertz CT molecular complexity index is 1130. The summed E-state index contributed by atoms with van der Waals surface area (Å²) in [7, 11) is 0. The monoisotopic (exact) mass is 434 g/mol. The quantitative estimate of drug-likeness (QED) is 0.544. The SMILES string of the molecule is Cc1nc(Cc2ccc(-c3ccc(C(C)(C)C)cc3)nc2)nc(C(=O)NCC(=O)O)c1O. The van der Waals surface area contributed by atoms with Gasteiger partial charge in [-0.3, -0.25) is 14.6 Å². The van der Waals surface area contributed by atoms with Gasteiger partial charge in [-0.2, -0.15) is 0 Å². The average molecular weight is 434 g/mol. The highest BCUT2D eigenvalue weighted by Gasteiger charge is 2.19. The molecule has 0 aliphatic rings. The average Bonchev–Trinajstić information content (AvgIpc) is 2.74. The molecule has 0 aliphatic carbocycles. The number of benzene rings is 1. The second-order valence-corrected chi connectivity index (χ2v) is 8.55. The molecule has 32 heavy (non-hydrogen) atoms. The number of hydrogen-bond acceptors (Lipinski definition) is 6. The van der Waals surface area contributed by atoms with Crippen molar-refractivity contribution in [1.29, 1.82) is 0 Å². The third-order valence-corrected chi connectivity index (χ3v) is 4.95. The Kier molecular flexibility index (Phi) is 6.53. The molecule has 0 fully saturated rings. The summed E-state index contributed by atoms with van der Waals surface area (Å²) in [4.78, 5) is 35.7. The summed E-state index contributed by atoms with van der Waals surface area (Å²) < 4.78 is 0. The van der Waals surface area contributed by atoms with Crippen LogP contribution in [0.4, 0.5) is 0 Å². The van der Waals surface area contributed by atoms with Gasteiger partial charge in [0.15, 0.2) is 11.4 Å². The van der Waals surface area contributed by atoms with E-state index in [0.717, 1.165) is 16.8 Å². The molecule has 3 aromatic rings. The van der Waals surface area contributed by atoms with Crippen LogP contribution < -0.4 is 5.32 Å². The van der Waals surface area contributed by atoms with E-state index in [4.69, 9.17) is 5.11 Å². The number of aliphatic carboxylic acids is 1. The van der Waals surface area contributed by atoms with Gasteiger partial charge in [-0.15, -0.1) is 0 Å². The first-order valence-electron chi connectivity index (χ1n) is 10.2. The lowest BCUT2D eigenvalue weighted by atomic mass is 9.86. The van der Waals surface area contributed by atoms with Crippen LogP contribution in [0.15, 0.2) is 42.6 Å². The smallest absolute Gasteiger partial charge is 0.322 e. The molecule has 3 rings (SSSR count). The fraction of sp³-hybridized carbons (Fsp3) is 0.292. The normalized spacial score (nSPS) is 11.2. The number of aromatic hydroxyl groups is 1. The van der Waals surface area contributed by atoms with Crippen molar-refractivity contribution in [3.05, 3.63) is 70.9 Å². The molecule has 8 nitrogen and oxygen atoms in total. The van der Waals surface area contributed by atoms with Gasteiger partial charge in [0.1, 0.15) is 12.4 Å². The predicted octanol–water partition coefficient (Wildman–Crippen LogP) is 3.26. The van der Waals surface area contributed by atoms with Gasteiger partial charge >= 0.3 is 5.97 Å². The predicted molar refractivity (Wildman–Crippen MR) is 120 cm³/mol. The van der Waals surface area contributed by atoms with Crippen LogP contribution in [0.3, 0.4) is 0 Å². The lowest BCUT2D eigenvalue weighted by molar-refractivity contribution is -0.135. The molecule has 0 spiro atoms. The van der Waals surface area contributed by atoms with E-state index in [0.29, 0.717) is 12.2 Å². The standard InChI is InChI=1S/C24H26N4O4/c1-14-22(31)21(23(32)26-13-20(29)30)28-19(27-14)11-15-5-10-18(25-12-15)16-6-8-17(9-7-16)24(2,3)4/h5-10,12,31H,11,13H2,1-4H3,(H,26,32)(H,29,30). The number of carboxylic acid groups (broad SMARTS) is 1.